The van der Waals surface area contributed by atoms with Crippen LogP contribution in [0.5, 0.6) is 0 Å². The molecule has 1 fully saturated rings. The Bertz CT molecular complexity index is 356. The van der Waals surface area contributed by atoms with Crippen LogP contribution in [-0.4, -0.2) is 5.11 Å². The van der Waals surface area contributed by atoms with Gasteiger partial charge in [-0.15, -0.1) is 0 Å². The van der Waals surface area contributed by atoms with E-state index in [2.05, 4.69) is 45.0 Å². The second kappa shape index (κ2) is 3.34. The average Bonchev–Trinajstić information content (AvgIpc) is 2.13. The fraction of sp³-hybridized carbons (Fsp3) is 0.571. The zero-order valence-corrected chi connectivity index (χ0v) is 9.88. The van der Waals surface area contributed by atoms with Gasteiger partial charge in [-0.2, -0.15) is 0 Å². The SMILES string of the molecule is CC(C)(C)c1cccc(C2(O)CCC2)c1. The maximum absolute atomic E-state index is 10.3. The molecule has 1 aliphatic carbocycles. The van der Waals surface area contributed by atoms with Crippen LogP contribution >= 0.6 is 0 Å². The van der Waals surface area contributed by atoms with E-state index >= 15 is 0 Å². The molecular weight excluding hydrogens is 184 g/mol. The molecule has 2 rings (SSSR count). The fourth-order valence-electron chi connectivity index (χ4n) is 2.08. The van der Waals surface area contributed by atoms with E-state index < -0.39 is 5.60 Å². The predicted octanol–water partition coefficient (Wildman–Crippen LogP) is 3.36. The van der Waals surface area contributed by atoms with Crippen LogP contribution in [0.1, 0.15) is 51.2 Å². The van der Waals surface area contributed by atoms with Gasteiger partial charge >= 0.3 is 0 Å². The molecule has 0 radical (unpaired) electrons. The highest BCUT2D eigenvalue weighted by atomic mass is 16.3. The van der Waals surface area contributed by atoms with Gasteiger partial charge in [-0.1, -0.05) is 45.0 Å². The molecule has 0 saturated heterocycles. The van der Waals surface area contributed by atoms with Crippen LogP contribution in [0.25, 0.3) is 0 Å². The lowest BCUT2D eigenvalue weighted by atomic mass is 9.73. The molecule has 0 unspecified atom stereocenters. The molecule has 1 N–H and O–H groups in total. The third-order valence-electron chi connectivity index (χ3n) is 3.45. The van der Waals surface area contributed by atoms with Gasteiger partial charge < -0.3 is 5.11 Å². The lowest BCUT2D eigenvalue weighted by Gasteiger charge is -2.37. The highest BCUT2D eigenvalue weighted by molar-refractivity contribution is 5.33. The first kappa shape index (κ1) is 10.7. The van der Waals surface area contributed by atoms with Crippen LogP contribution in [0.2, 0.25) is 0 Å². The van der Waals surface area contributed by atoms with Crippen molar-refractivity contribution in [1.29, 1.82) is 0 Å². The maximum atomic E-state index is 10.3. The molecule has 1 heteroatoms. The predicted molar refractivity (Wildman–Crippen MR) is 62.9 cm³/mol. The zero-order chi connectivity index (χ0) is 11.1. The highest BCUT2D eigenvalue weighted by Crippen LogP contribution is 2.41. The molecule has 1 saturated carbocycles. The van der Waals surface area contributed by atoms with Crippen molar-refractivity contribution in [3.8, 4) is 0 Å². The summed E-state index contributed by atoms with van der Waals surface area (Å²) >= 11 is 0. The molecule has 0 aromatic heterocycles. The molecule has 1 aliphatic rings. The van der Waals surface area contributed by atoms with Crippen LogP contribution in [0.3, 0.4) is 0 Å². The van der Waals surface area contributed by atoms with E-state index in [1.165, 1.54) is 5.56 Å². The standard InChI is InChI=1S/C14H20O/c1-13(2,3)11-6-4-7-12(10-11)14(15)8-5-9-14/h4,6-7,10,15H,5,8-9H2,1-3H3. The van der Waals surface area contributed by atoms with E-state index in [4.69, 9.17) is 0 Å². The fourth-order valence-corrected chi connectivity index (χ4v) is 2.08. The van der Waals surface area contributed by atoms with Gasteiger partial charge in [0.05, 0.1) is 5.60 Å². The van der Waals surface area contributed by atoms with Crippen LogP contribution in [0.4, 0.5) is 0 Å². The largest absolute Gasteiger partial charge is 0.385 e. The summed E-state index contributed by atoms with van der Waals surface area (Å²) in [7, 11) is 0. The van der Waals surface area contributed by atoms with E-state index in [1.807, 2.05) is 0 Å². The number of hydrogen-bond donors (Lipinski definition) is 1. The Morgan fingerprint density at radius 3 is 2.33 bits per heavy atom. The Labute approximate surface area is 92.1 Å². The Kier molecular flexibility index (Phi) is 2.38. The number of rotatable bonds is 1. The summed E-state index contributed by atoms with van der Waals surface area (Å²) < 4.78 is 0. The summed E-state index contributed by atoms with van der Waals surface area (Å²) in [5, 5.41) is 10.3. The third kappa shape index (κ3) is 1.93. The Balaban J connectivity index is 2.35. The molecule has 15 heavy (non-hydrogen) atoms. The molecule has 0 atom stereocenters. The summed E-state index contributed by atoms with van der Waals surface area (Å²) in [5.74, 6) is 0. The molecule has 1 nitrogen and oxygen atoms in total. The summed E-state index contributed by atoms with van der Waals surface area (Å²) in [4.78, 5) is 0. The Hall–Kier alpha value is -0.820. The van der Waals surface area contributed by atoms with Crippen molar-refractivity contribution in [3.63, 3.8) is 0 Å². The molecule has 0 aliphatic heterocycles. The summed E-state index contributed by atoms with van der Waals surface area (Å²) in [5.41, 5.74) is 2.04. The number of aliphatic hydroxyl groups is 1. The van der Waals surface area contributed by atoms with Crippen LogP contribution in [0.15, 0.2) is 24.3 Å². The second-order valence-electron chi connectivity index (χ2n) is 5.72. The molecule has 0 amide bonds. The Morgan fingerprint density at radius 1 is 1.20 bits per heavy atom. The lowest BCUT2D eigenvalue weighted by molar-refractivity contribution is -0.0388. The molecule has 82 valence electrons. The van der Waals surface area contributed by atoms with Crippen LogP contribution in [0, 0.1) is 0 Å². The number of hydrogen-bond acceptors (Lipinski definition) is 1. The Morgan fingerprint density at radius 2 is 1.87 bits per heavy atom. The zero-order valence-electron chi connectivity index (χ0n) is 9.88. The minimum absolute atomic E-state index is 0.163. The molecule has 0 spiro atoms. The third-order valence-corrected chi connectivity index (χ3v) is 3.45. The maximum Gasteiger partial charge on any atom is 0.0896 e. The normalized spacial score (nSPS) is 19.7. The number of benzene rings is 1. The topological polar surface area (TPSA) is 20.2 Å². The van der Waals surface area contributed by atoms with E-state index in [0.29, 0.717) is 0 Å². The molecular formula is C14H20O. The molecule has 1 aromatic rings. The monoisotopic (exact) mass is 204 g/mol. The lowest BCUT2D eigenvalue weighted by Crippen LogP contribution is -2.33. The minimum Gasteiger partial charge on any atom is -0.385 e. The van der Waals surface area contributed by atoms with Gasteiger partial charge in [0.2, 0.25) is 0 Å². The van der Waals surface area contributed by atoms with Gasteiger partial charge in [-0.25, -0.2) is 0 Å². The first-order valence-electron chi connectivity index (χ1n) is 5.75. The van der Waals surface area contributed by atoms with Gasteiger partial charge in [-0.05, 0) is 35.8 Å². The van der Waals surface area contributed by atoms with Crippen LogP contribution < -0.4 is 0 Å². The van der Waals surface area contributed by atoms with Crippen molar-refractivity contribution in [1.82, 2.24) is 0 Å². The molecule has 0 heterocycles. The van der Waals surface area contributed by atoms with Gasteiger partial charge in [0.1, 0.15) is 0 Å². The van der Waals surface area contributed by atoms with Crippen molar-refractivity contribution >= 4 is 0 Å². The molecule has 1 aromatic carbocycles. The van der Waals surface area contributed by atoms with E-state index in [9.17, 15) is 5.11 Å². The highest BCUT2D eigenvalue weighted by Gasteiger charge is 2.36. The minimum atomic E-state index is -0.527. The van der Waals surface area contributed by atoms with Gasteiger partial charge in [0, 0.05) is 0 Å². The van der Waals surface area contributed by atoms with Gasteiger partial charge in [-0.3, -0.25) is 0 Å². The quantitative estimate of drug-likeness (QED) is 0.743. The average molecular weight is 204 g/mol. The smallest absolute Gasteiger partial charge is 0.0896 e. The van der Waals surface area contributed by atoms with Crippen molar-refractivity contribution in [3.05, 3.63) is 35.4 Å². The van der Waals surface area contributed by atoms with Crippen molar-refractivity contribution in [2.75, 3.05) is 0 Å². The van der Waals surface area contributed by atoms with E-state index in [-0.39, 0.29) is 5.41 Å². The van der Waals surface area contributed by atoms with Crippen molar-refractivity contribution < 1.29 is 5.11 Å². The van der Waals surface area contributed by atoms with E-state index in [1.54, 1.807) is 0 Å². The van der Waals surface area contributed by atoms with E-state index in [0.717, 1.165) is 24.8 Å². The van der Waals surface area contributed by atoms with Gasteiger partial charge in [0.15, 0.2) is 0 Å². The summed E-state index contributed by atoms with van der Waals surface area (Å²) in [6.07, 6.45) is 2.98. The molecule has 0 bridgehead atoms. The summed E-state index contributed by atoms with van der Waals surface area (Å²) in [6, 6.07) is 8.42. The van der Waals surface area contributed by atoms with Crippen molar-refractivity contribution in [2.45, 2.75) is 51.0 Å². The van der Waals surface area contributed by atoms with Crippen LogP contribution in [-0.2, 0) is 11.0 Å². The first-order chi connectivity index (χ1) is 6.92. The second-order valence-corrected chi connectivity index (χ2v) is 5.72. The first-order valence-corrected chi connectivity index (χ1v) is 5.75. The van der Waals surface area contributed by atoms with Crippen molar-refractivity contribution in [2.24, 2.45) is 0 Å². The summed E-state index contributed by atoms with van der Waals surface area (Å²) in [6.45, 7) is 6.62. The van der Waals surface area contributed by atoms with Gasteiger partial charge in [0.25, 0.3) is 0 Å².